The molecule has 2 atom stereocenters. The lowest BCUT2D eigenvalue weighted by atomic mass is 9.95. The molecule has 0 spiro atoms. The van der Waals surface area contributed by atoms with E-state index in [1.54, 1.807) is 10.9 Å². The Labute approximate surface area is 166 Å². The normalized spacial score (nSPS) is 20.1. The van der Waals surface area contributed by atoms with Crippen molar-refractivity contribution in [1.82, 2.24) is 14.9 Å². The summed E-state index contributed by atoms with van der Waals surface area (Å²) < 4.78 is 1.62. The molecule has 1 aliphatic rings. The van der Waals surface area contributed by atoms with Crippen LogP contribution >= 0.6 is 35.3 Å². The van der Waals surface area contributed by atoms with Crippen molar-refractivity contribution < 1.29 is 5.11 Å². The number of hydrogen-bond acceptors (Lipinski definition) is 5. The first kappa shape index (κ1) is 19.3. The molecule has 138 valence electrons. The van der Waals surface area contributed by atoms with Gasteiger partial charge in [0, 0.05) is 40.5 Å². The van der Waals surface area contributed by atoms with E-state index in [-0.39, 0.29) is 23.9 Å². The zero-order valence-electron chi connectivity index (χ0n) is 13.9. The van der Waals surface area contributed by atoms with E-state index in [0.717, 1.165) is 24.1 Å². The van der Waals surface area contributed by atoms with Gasteiger partial charge in [-0.2, -0.15) is 0 Å². The van der Waals surface area contributed by atoms with E-state index in [1.165, 1.54) is 11.3 Å². The second kappa shape index (κ2) is 8.06. The number of nitrogens with zero attached hydrogens (tertiary/aromatic N) is 2. The lowest BCUT2D eigenvalue weighted by molar-refractivity contribution is 0.0717. The smallest absolute Gasteiger partial charge is 0.262 e. The number of aromatic nitrogens is 2. The summed E-state index contributed by atoms with van der Waals surface area (Å²) in [5.74, 6) is 0.0561. The van der Waals surface area contributed by atoms with E-state index in [0.29, 0.717) is 28.3 Å². The zero-order valence-corrected chi connectivity index (χ0v) is 16.3. The lowest BCUT2D eigenvalue weighted by Gasteiger charge is -2.28. The number of β-amino-alcohol motifs (C(OH)–C–C–N with tert-alkyl or cyclic N) is 1. The topological polar surface area (TPSA) is 67.2 Å². The minimum absolute atomic E-state index is 0. The van der Waals surface area contributed by atoms with Gasteiger partial charge in [-0.05, 0) is 19.0 Å². The molecule has 3 heterocycles. The number of benzene rings is 1. The Bertz CT molecular complexity index is 972. The number of rotatable bonds is 3. The summed E-state index contributed by atoms with van der Waals surface area (Å²) in [4.78, 5) is 18.2. The van der Waals surface area contributed by atoms with Crippen molar-refractivity contribution >= 4 is 45.6 Å². The first-order chi connectivity index (χ1) is 12.1. The molecule has 0 aliphatic carbocycles. The molecule has 0 amide bonds. The van der Waals surface area contributed by atoms with E-state index in [1.807, 2.05) is 29.6 Å². The van der Waals surface area contributed by atoms with Crippen LogP contribution in [0, 0.1) is 5.92 Å². The number of thiophene rings is 1. The summed E-state index contributed by atoms with van der Waals surface area (Å²) in [5, 5.41) is 16.5. The van der Waals surface area contributed by atoms with Crippen LogP contribution in [0.2, 0.25) is 5.02 Å². The highest BCUT2D eigenvalue weighted by atomic mass is 35.5. The molecule has 2 N–H and O–H groups in total. The van der Waals surface area contributed by atoms with E-state index in [2.05, 4.69) is 10.3 Å². The third-order valence-corrected chi connectivity index (χ3v) is 5.96. The summed E-state index contributed by atoms with van der Waals surface area (Å²) in [6, 6.07) is 7.51. The van der Waals surface area contributed by atoms with Gasteiger partial charge in [0.1, 0.15) is 4.83 Å². The summed E-state index contributed by atoms with van der Waals surface area (Å²) >= 11 is 7.76. The molecule has 1 aromatic carbocycles. The van der Waals surface area contributed by atoms with E-state index in [4.69, 9.17) is 11.6 Å². The quantitative estimate of drug-likeness (QED) is 0.694. The standard InChI is InChI=1S/C18H18ClN3O2S.ClH/c19-14-4-2-1-3-12(14)13-9-25-17-16(13)18(24)22(10-21-17)8-11-5-6-20-7-15(11)23;/h1-4,9-11,15,20,23H,5-8H2;1H/t11-,15+;/m0./s1. The van der Waals surface area contributed by atoms with E-state index in [9.17, 15) is 9.90 Å². The number of hydrogen-bond donors (Lipinski definition) is 2. The molecular formula is C18H19Cl2N3O2S. The predicted molar refractivity (Wildman–Crippen MR) is 109 cm³/mol. The third kappa shape index (κ3) is 3.52. The van der Waals surface area contributed by atoms with E-state index >= 15 is 0 Å². The van der Waals surface area contributed by atoms with Crippen LogP contribution in [0.15, 0.2) is 40.8 Å². The molecule has 0 unspecified atom stereocenters. The van der Waals surface area contributed by atoms with Gasteiger partial charge in [0.15, 0.2) is 0 Å². The van der Waals surface area contributed by atoms with Gasteiger partial charge < -0.3 is 10.4 Å². The van der Waals surface area contributed by atoms with Crippen LogP contribution in [0.4, 0.5) is 0 Å². The first-order valence-electron chi connectivity index (χ1n) is 8.25. The monoisotopic (exact) mass is 411 g/mol. The van der Waals surface area contributed by atoms with Crippen LogP contribution in [-0.2, 0) is 6.54 Å². The van der Waals surface area contributed by atoms with Crippen molar-refractivity contribution in [3.63, 3.8) is 0 Å². The predicted octanol–water partition coefficient (Wildman–Crippen LogP) is 3.17. The Balaban J connectivity index is 0.00000196. The van der Waals surface area contributed by atoms with Crippen molar-refractivity contribution in [3.05, 3.63) is 51.3 Å². The number of aliphatic hydroxyl groups is 1. The van der Waals surface area contributed by atoms with Crippen LogP contribution in [-0.4, -0.2) is 33.9 Å². The van der Waals surface area contributed by atoms with Crippen molar-refractivity contribution in [3.8, 4) is 11.1 Å². The molecule has 8 heteroatoms. The molecule has 1 aliphatic heterocycles. The molecule has 5 nitrogen and oxygen atoms in total. The van der Waals surface area contributed by atoms with Crippen molar-refractivity contribution in [1.29, 1.82) is 0 Å². The van der Waals surface area contributed by atoms with Gasteiger partial charge in [-0.15, -0.1) is 23.7 Å². The Morgan fingerprint density at radius 1 is 1.35 bits per heavy atom. The molecule has 0 radical (unpaired) electrons. The van der Waals surface area contributed by atoms with Crippen molar-refractivity contribution in [2.75, 3.05) is 13.1 Å². The fourth-order valence-electron chi connectivity index (χ4n) is 3.34. The molecular weight excluding hydrogens is 393 g/mol. The van der Waals surface area contributed by atoms with E-state index < -0.39 is 6.10 Å². The van der Waals surface area contributed by atoms with Gasteiger partial charge in [0.2, 0.25) is 0 Å². The number of fused-ring (bicyclic) bond motifs is 1. The fourth-order valence-corrected chi connectivity index (χ4v) is 4.47. The molecule has 4 rings (SSSR count). The maximum absolute atomic E-state index is 13.1. The Morgan fingerprint density at radius 2 is 2.15 bits per heavy atom. The van der Waals surface area contributed by atoms with Crippen LogP contribution in [0.3, 0.4) is 0 Å². The van der Waals surface area contributed by atoms with Gasteiger partial charge in [-0.3, -0.25) is 9.36 Å². The Morgan fingerprint density at radius 3 is 2.92 bits per heavy atom. The molecule has 1 fully saturated rings. The SMILES string of the molecule is Cl.O=c1c2c(-c3ccccc3Cl)csc2ncn1C[C@@H]1CCNC[C@H]1O. The number of piperidine rings is 1. The zero-order chi connectivity index (χ0) is 17.4. The fraction of sp³-hybridized carbons (Fsp3) is 0.333. The summed E-state index contributed by atoms with van der Waals surface area (Å²) in [5.41, 5.74) is 1.59. The van der Waals surface area contributed by atoms with Crippen molar-refractivity contribution in [2.24, 2.45) is 5.92 Å². The second-order valence-electron chi connectivity index (χ2n) is 6.33. The molecule has 2 aromatic heterocycles. The Kier molecular flexibility index (Phi) is 5.99. The molecule has 0 saturated carbocycles. The highest BCUT2D eigenvalue weighted by molar-refractivity contribution is 7.17. The lowest BCUT2D eigenvalue weighted by Crippen LogP contribution is -2.43. The van der Waals surface area contributed by atoms with Crippen LogP contribution in [0.1, 0.15) is 6.42 Å². The number of nitrogens with one attached hydrogen (secondary N) is 1. The molecule has 3 aromatic rings. The van der Waals surface area contributed by atoms with Crippen LogP contribution in [0.25, 0.3) is 21.3 Å². The van der Waals surface area contributed by atoms with Gasteiger partial charge in [-0.25, -0.2) is 4.98 Å². The maximum Gasteiger partial charge on any atom is 0.262 e. The second-order valence-corrected chi connectivity index (χ2v) is 7.60. The van der Waals surface area contributed by atoms with Crippen LogP contribution in [0.5, 0.6) is 0 Å². The van der Waals surface area contributed by atoms with Gasteiger partial charge >= 0.3 is 0 Å². The highest BCUT2D eigenvalue weighted by Crippen LogP contribution is 2.34. The minimum atomic E-state index is -0.443. The average molecular weight is 412 g/mol. The van der Waals surface area contributed by atoms with Crippen molar-refractivity contribution in [2.45, 2.75) is 19.1 Å². The van der Waals surface area contributed by atoms with Crippen LogP contribution < -0.4 is 10.9 Å². The first-order valence-corrected chi connectivity index (χ1v) is 9.51. The minimum Gasteiger partial charge on any atom is -0.391 e. The average Bonchev–Trinajstić information content (AvgIpc) is 3.04. The maximum atomic E-state index is 13.1. The molecule has 1 saturated heterocycles. The summed E-state index contributed by atoms with van der Waals surface area (Å²) in [6.45, 7) is 1.90. The van der Waals surface area contributed by atoms with Gasteiger partial charge in [-0.1, -0.05) is 29.8 Å². The summed E-state index contributed by atoms with van der Waals surface area (Å²) in [6.07, 6.45) is 1.99. The number of halogens is 2. The molecule has 26 heavy (non-hydrogen) atoms. The number of aliphatic hydroxyl groups excluding tert-OH is 1. The Hall–Kier alpha value is -1.44. The highest BCUT2D eigenvalue weighted by Gasteiger charge is 2.24. The largest absolute Gasteiger partial charge is 0.391 e. The van der Waals surface area contributed by atoms with Gasteiger partial charge in [0.05, 0.1) is 17.8 Å². The third-order valence-electron chi connectivity index (χ3n) is 4.75. The summed E-state index contributed by atoms with van der Waals surface area (Å²) in [7, 11) is 0. The van der Waals surface area contributed by atoms with Gasteiger partial charge in [0.25, 0.3) is 5.56 Å². The molecule has 0 bridgehead atoms.